The van der Waals surface area contributed by atoms with Crippen LogP contribution in [0.2, 0.25) is 0 Å². The van der Waals surface area contributed by atoms with E-state index in [1.54, 1.807) is 22.9 Å². The number of hydrogen-bond acceptors (Lipinski definition) is 5. The summed E-state index contributed by atoms with van der Waals surface area (Å²) in [6, 6.07) is 12.6. The fourth-order valence-electron chi connectivity index (χ4n) is 2.85. The van der Waals surface area contributed by atoms with Gasteiger partial charge in [0.05, 0.1) is 11.1 Å². The van der Waals surface area contributed by atoms with E-state index in [1.807, 2.05) is 31.2 Å². The molecule has 1 amide bonds. The second-order valence-corrected chi connectivity index (χ2v) is 6.47. The first-order valence-corrected chi connectivity index (χ1v) is 8.88. The molecule has 0 radical (unpaired) electrons. The van der Waals surface area contributed by atoms with Crippen LogP contribution in [0.15, 0.2) is 42.5 Å². The van der Waals surface area contributed by atoms with Crippen LogP contribution in [-0.4, -0.2) is 33.5 Å². The van der Waals surface area contributed by atoms with Crippen LogP contribution in [0.5, 0.6) is 0 Å². The maximum absolute atomic E-state index is 12.2. The standard InChI is InChI=1S/C20H22N4O3/c1-4-24-18-10-9-14(11-17(18)22-23-24)20(26)27-12-19(25)21-16-8-6-5-7-15(16)13(2)3/h5-11,13H,4,12H2,1-3H3,(H,21,25). The van der Waals surface area contributed by atoms with E-state index in [4.69, 9.17) is 4.74 Å². The Kier molecular flexibility index (Phi) is 5.49. The molecule has 7 nitrogen and oxygen atoms in total. The molecule has 0 aliphatic carbocycles. The Bertz CT molecular complexity index is 978. The molecule has 0 spiro atoms. The lowest BCUT2D eigenvalue weighted by atomic mass is 10.0. The molecule has 0 aliphatic heterocycles. The van der Waals surface area contributed by atoms with Gasteiger partial charge in [-0.3, -0.25) is 4.79 Å². The predicted octanol–water partition coefficient (Wildman–Crippen LogP) is 3.37. The number of carbonyl (C=O) groups is 2. The molecule has 0 fully saturated rings. The first kappa shape index (κ1) is 18.6. The SMILES string of the molecule is CCn1nnc2cc(C(=O)OCC(=O)Nc3ccccc3C(C)C)ccc21. The van der Waals surface area contributed by atoms with Crippen LogP contribution >= 0.6 is 0 Å². The first-order valence-electron chi connectivity index (χ1n) is 8.88. The normalized spacial score (nSPS) is 11.0. The summed E-state index contributed by atoms with van der Waals surface area (Å²) in [6.07, 6.45) is 0. The highest BCUT2D eigenvalue weighted by molar-refractivity contribution is 5.97. The van der Waals surface area contributed by atoms with Gasteiger partial charge < -0.3 is 10.1 Å². The zero-order valence-corrected chi connectivity index (χ0v) is 15.6. The van der Waals surface area contributed by atoms with Crippen LogP contribution in [0.1, 0.15) is 42.6 Å². The Balaban J connectivity index is 1.63. The van der Waals surface area contributed by atoms with Crippen molar-refractivity contribution >= 4 is 28.6 Å². The highest BCUT2D eigenvalue weighted by Crippen LogP contribution is 2.23. The Morgan fingerprint density at radius 3 is 2.70 bits per heavy atom. The van der Waals surface area contributed by atoms with Gasteiger partial charge in [0.2, 0.25) is 0 Å². The smallest absolute Gasteiger partial charge is 0.338 e. The summed E-state index contributed by atoms with van der Waals surface area (Å²) < 4.78 is 6.88. The molecule has 0 atom stereocenters. The van der Waals surface area contributed by atoms with Crippen molar-refractivity contribution in [2.24, 2.45) is 0 Å². The van der Waals surface area contributed by atoms with Gasteiger partial charge >= 0.3 is 5.97 Å². The topological polar surface area (TPSA) is 86.1 Å². The first-order chi connectivity index (χ1) is 13.0. The average Bonchev–Trinajstić information content (AvgIpc) is 3.08. The maximum Gasteiger partial charge on any atom is 0.338 e. The van der Waals surface area contributed by atoms with Crippen molar-refractivity contribution in [2.45, 2.75) is 33.2 Å². The Hall–Kier alpha value is -3.22. The Morgan fingerprint density at radius 2 is 1.96 bits per heavy atom. The van der Waals surface area contributed by atoms with Gasteiger partial charge in [0.15, 0.2) is 6.61 Å². The highest BCUT2D eigenvalue weighted by Gasteiger charge is 2.14. The van der Waals surface area contributed by atoms with Crippen molar-refractivity contribution in [3.63, 3.8) is 0 Å². The summed E-state index contributed by atoms with van der Waals surface area (Å²) in [7, 11) is 0. The molecule has 1 heterocycles. The third-order valence-electron chi connectivity index (χ3n) is 4.24. The number of nitrogens with zero attached hydrogens (tertiary/aromatic N) is 3. The molecule has 1 aromatic heterocycles. The molecule has 27 heavy (non-hydrogen) atoms. The number of rotatable bonds is 6. The van der Waals surface area contributed by atoms with Crippen molar-refractivity contribution in [3.8, 4) is 0 Å². The summed E-state index contributed by atoms with van der Waals surface area (Å²) >= 11 is 0. The van der Waals surface area contributed by atoms with E-state index in [9.17, 15) is 9.59 Å². The number of amides is 1. The largest absolute Gasteiger partial charge is 0.452 e. The predicted molar refractivity (Wildman–Crippen MR) is 103 cm³/mol. The van der Waals surface area contributed by atoms with Gasteiger partial charge in [0, 0.05) is 12.2 Å². The molecule has 7 heteroatoms. The van der Waals surface area contributed by atoms with Crippen molar-refractivity contribution in [2.75, 3.05) is 11.9 Å². The lowest BCUT2D eigenvalue weighted by molar-refractivity contribution is -0.119. The van der Waals surface area contributed by atoms with Crippen molar-refractivity contribution < 1.29 is 14.3 Å². The summed E-state index contributed by atoms with van der Waals surface area (Å²) in [5, 5.41) is 10.8. The van der Waals surface area contributed by atoms with Crippen molar-refractivity contribution in [1.82, 2.24) is 15.0 Å². The summed E-state index contributed by atoms with van der Waals surface area (Å²) in [5.41, 5.74) is 3.55. The van der Waals surface area contributed by atoms with E-state index in [0.29, 0.717) is 17.6 Å². The average molecular weight is 366 g/mol. The number of nitrogens with one attached hydrogen (secondary N) is 1. The lowest BCUT2D eigenvalue weighted by Crippen LogP contribution is -2.21. The van der Waals surface area contributed by atoms with Gasteiger partial charge in [-0.1, -0.05) is 37.3 Å². The lowest BCUT2D eigenvalue weighted by Gasteiger charge is -2.13. The van der Waals surface area contributed by atoms with Crippen LogP contribution in [-0.2, 0) is 16.1 Å². The number of fused-ring (bicyclic) bond motifs is 1. The second kappa shape index (κ2) is 7.99. The molecule has 140 valence electrons. The Labute approximate surface area is 157 Å². The van der Waals surface area contributed by atoms with E-state index < -0.39 is 5.97 Å². The van der Waals surface area contributed by atoms with E-state index in [2.05, 4.69) is 29.5 Å². The third kappa shape index (κ3) is 4.13. The molecule has 1 N–H and O–H groups in total. The second-order valence-electron chi connectivity index (χ2n) is 6.47. The maximum atomic E-state index is 12.2. The summed E-state index contributed by atoms with van der Waals surface area (Å²) in [6.45, 7) is 6.40. The minimum Gasteiger partial charge on any atom is -0.452 e. The minimum absolute atomic E-state index is 0.271. The number of carbonyl (C=O) groups excluding carboxylic acids is 2. The summed E-state index contributed by atoms with van der Waals surface area (Å²) in [5.74, 6) is -0.683. The number of aryl methyl sites for hydroxylation is 1. The minimum atomic E-state index is -0.574. The Morgan fingerprint density at radius 1 is 1.19 bits per heavy atom. The van der Waals surface area contributed by atoms with Crippen molar-refractivity contribution in [3.05, 3.63) is 53.6 Å². The molecule has 0 saturated carbocycles. The molecule has 0 bridgehead atoms. The molecule has 0 unspecified atom stereocenters. The van der Waals surface area contributed by atoms with Crippen LogP contribution in [0.4, 0.5) is 5.69 Å². The van der Waals surface area contributed by atoms with Gasteiger partial charge in [0.1, 0.15) is 5.52 Å². The van der Waals surface area contributed by atoms with E-state index in [0.717, 1.165) is 16.8 Å². The van der Waals surface area contributed by atoms with Gasteiger partial charge in [-0.05, 0) is 42.7 Å². The molecule has 2 aromatic carbocycles. The molecule has 3 rings (SSSR count). The number of para-hydroxylation sites is 1. The van der Waals surface area contributed by atoms with Crippen LogP contribution in [0.3, 0.4) is 0 Å². The molecular weight excluding hydrogens is 344 g/mol. The number of hydrogen-bond donors (Lipinski definition) is 1. The van der Waals surface area contributed by atoms with Crippen LogP contribution < -0.4 is 5.32 Å². The zero-order chi connectivity index (χ0) is 19.4. The molecule has 3 aromatic rings. The van der Waals surface area contributed by atoms with Crippen LogP contribution in [0.25, 0.3) is 11.0 Å². The number of esters is 1. The quantitative estimate of drug-likeness (QED) is 0.676. The number of ether oxygens (including phenoxy) is 1. The van der Waals surface area contributed by atoms with Gasteiger partial charge in [-0.2, -0.15) is 0 Å². The van der Waals surface area contributed by atoms with E-state index in [1.165, 1.54) is 0 Å². The molecule has 0 saturated heterocycles. The molecular formula is C20H22N4O3. The van der Waals surface area contributed by atoms with E-state index in [-0.39, 0.29) is 18.4 Å². The van der Waals surface area contributed by atoms with Crippen molar-refractivity contribution in [1.29, 1.82) is 0 Å². The third-order valence-corrected chi connectivity index (χ3v) is 4.24. The van der Waals surface area contributed by atoms with E-state index >= 15 is 0 Å². The number of aromatic nitrogens is 3. The number of benzene rings is 2. The van der Waals surface area contributed by atoms with Gasteiger partial charge in [0.25, 0.3) is 5.91 Å². The summed E-state index contributed by atoms with van der Waals surface area (Å²) in [4.78, 5) is 24.4. The van der Waals surface area contributed by atoms with Crippen LogP contribution in [0, 0.1) is 0 Å². The zero-order valence-electron chi connectivity index (χ0n) is 15.6. The van der Waals surface area contributed by atoms with Gasteiger partial charge in [-0.15, -0.1) is 5.10 Å². The monoisotopic (exact) mass is 366 g/mol. The number of anilines is 1. The highest BCUT2D eigenvalue weighted by atomic mass is 16.5. The fourth-order valence-corrected chi connectivity index (χ4v) is 2.85. The fraction of sp³-hybridized carbons (Fsp3) is 0.300. The molecule has 0 aliphatic rings. The van der Waals surface area contributed by atoms with Gasteiger partial charge in [-0.25, -0.2) is 9.48 Å².